The summed E-state index contributed by atoms with van der Waals surface area (Å²) in [7, 11) is 0. The van der Waals surface area contributed by atoms with Gasteiger partial charge in [0, 0.05) is 0 Å². The van der Waals surface area contributed by atoms with Crippen LogP contribution in [0.1, 0.15) is 435 Å². The van der Waals surface area contributed by atoms with Gasteiger partial charge in [-0.1, -0.05) is 182 Å². The number of rotatable bonds is 60. The number of benzene rings is 1. The van der Waals surface area contributed by atoms with Gasteiger partial charge in [0.1, 0.15) is 0 Å². The van der Waals surface area contributed by atoms with Crippen LogP contribution in [0.2, 0.25) is 0 Å². The van der Waals surface area contributed by atoms with E-state index in [-0.39, 0.29) is 10.8 Å². The Bertz CT molecular complexity index is 1720. The van der Waals surface area contributed by atoms with Gasteiger partial charge in [-0.3, -0.25) is 0 Å². The zero-order chi connectivity index (χ0) is 57.7. The second kappa shape index (κ2) is 47.3. The van der Waals surface area contributed by atoms with E-state index in [1.165, 1.54) is 385 Å². The maximum absolute atomic E-state index is 2.95. The van der Waals surface area contributed by atoms with Crippen LogP contribution in [-0.2, 0) is 10.8 Å². The van der Waals surface area contributed by atoms with Crippen molar-refractivity contribution in [1.29, 1.82) is 0 Å². The van der Waals surface area contributed by atoms with Gasteiger partial charge in [-0.15, -0.1) is 0 Å². The molecule has 0 spiro atoms. The molecule has 0 unspecified atom stereocenters. The second-order valence-corrected chi connectivity index (χ2v) is 31.7. The third kappa shape index (κ3) is 26.5. The van der Waals surface area contributed by atoms with Crippen LogP contribution in [0, 0.1) is 0 Å². The minimum absolute atomic E-state index is 0.233. The first kappa shape index (κ1) is 72.0. The molecule has 0 fully saturated rings. The van der Waals surface area contributed by atoms with E-state index >= 15 is 0 Å². The van der Waals surface area contributed by atoms with Gasteiger partial charge in [0.05, 0.1) is 0 Å². The molecule has 0 bridgehead atoms. The molecule has 2 heterocycles. The van der Waals surface area contributed by atoms with Crippen molar-refractivity contribution in [3.05, 3.63) is 56.4 Å². The molecule has 1 aromatic carbocycles. The molecule has 2 heteroatoms. The van der Waals surface area contributed by atoms with Crippen LogP contribution < -0.4 is 0 Å². The van der Waals surface area contributed by atoms with Crippen LogP contribution in [-0.4, -0.2) is 29.0 Å². The monoisotopic (exact) mass is 1260 g/mol. The van der Waals surface area contributed by atoms with E-state index < -0.39 is 0 Å². The molecule has 0 atom stereocenters. The van der Waals surface area contributed by atoms with Crippen molar-refractivity contribution in [1.82, 2.24) is 0 Å². The van der Waals surface area contributed by atoms with Gasteiger partial charge in [-0.05, 0) is 0 Å². The molecule has 2 aliphatic rings. The van der Waals surface area contributed by atoms with Crippen molar-refractivity contribution < 1.29 is 0 Å². The molecule has 82 heavy (non-hydrogen) atoms. The van der Waals surface area contributed by atoms with Gasteiger partial charge in [0.25, 0.3) is 0 Å². The van der Waals surface area contributed by atoms with Crippen LogP contribution in [0.3, 0.4) is 0 Å². The molecule has 0 aliphatic heterocycles. The van der Waals surface area contributed by atoms with E-state index in [1.54, 1.807) is 11.1 Å². The number of unbranched alkanes of at least 4 members (excludes halogenated alkanes) is 52. The normalized spacial score (nSPS) is 13.8. The van der Waals surface area contributed by atoms with Gasteiger partial charge < -0.3 is 0 Å². The molecule has 2 aromatic heterocycles. The molecule has 0 saturated heterocycles. The van der Waals surface area contributed by atoms with Crippen LogP contribution in [0.5, 0.6) is 0 Å². The van der Waals surface area contributed by atoms with Crippen molar-refractivity contribution in [3.63, 3.8) is 0 Å². The number of hydrogen-bond donors (Lipinski definition) is 0. The Labute approximate surface area is 525 Å². The van der Waals surface area contributed by atoms with E-state index in [0.29, 0.717) is 29.0 Å². The topological polar surface area (TPSA) is 0 Å². The Kier molecular flexibility index (Phi) is 41.5. The quantitative estimate of drug-likeness (QED) is 0.0390. The molecule has 470 valence electrons. The molecule has 0 amide bonds. The number of fused-ring (bicyclic) bond motifs is 6. The zero-order valence-corrected chi connectivity index (χ0v) is 59.1. The standard InChI is InChI=1S/C80H138Se2/c1-5-9-13-17-21-25-29-33-37-41-45-49-53-57-63-79(64-58-54-50-46-42-38-34-30-26-22-18-14-10-6-2)73-61-67-81-77(73)71-70-76-72(69-75(71)79)78-74(62-68-82-78)80(76,65-59-55-51-47-43-39-35-31-27-23-19-15-11-7-3)66-60-56-52-48-44-40-36-32-28-24-20-16-12-8-4/h61-62,67-70H,5-60,63-66H2,1-4H3. The molecule has 2 aliphatic carbocycles. The van der Waals surface area contributed by atoms with Gasteiger partial charge in [0.2, 0.25) is 0 Å². The summed E-state index contributed by atoms with van der Waals surface area (Å²) in [6.45, 7) is 9.35. The summed E-state index contributed by atoms with van der Waals surface area (Å²) in [4.78, 5) is 5.30. The molecule has 0 radical (unpaired) electrons. The van der Waals surface area contributed by atoms with Crippen molar-refractivity contribution >= 4 is 29.0 Å². The SMILES string of the molecule is CCCCCCCCCCCCCCCCC1(CCCCCCCCCCCCCCCC)c2cc3c(cc2-c2[se]ccc21)C(CCCCCCCCCCCCCCCC)(CCCCCCCCCCCCCCCC)c1cc[se]c1-3. The second-order valence-electron chi connectivity index (χ2n) is 27.8. The van der Waals surface area contributed by atoms with Crippen LogP contribution in [0.4, 0.5) is 0 Å². The molecule has 0 saturated carbocycles. The van der Waals surface area contributed by atoms with Crippen molar-refractivity contribution in [2.75, 3.05) is 0 Å². The van der Waals surface area contributed by atoms with E-state index in [2.05, 4.69) is 61.8 Å². The van der Waals surface area contributed by atoms with Gasteiger partial charge in [0.15, 0.2) is 0 Å². The van der Waals surface area contributed by atoms with Gasteiger partial charge in [-0.25, -0.2) is 0 Å². The average Bonchev–Trinajstić information content (AvgIpc) is 1.77. The molecule has 0 N–H and O–H groups in total. The summed E-state index contributed by atoms with van der Waals surface area (Å²) in [6.07, 6.45) is 86.6. The number of hydrogen-bond acceptors (Lipinski definition) is 0. The summed E-state index contributed by atoms with van der Waals surface area (Å²) in [6, 6.07) is 11.3. The van der Waals surface area contributed by atoms with Gasteiger partial charge >= 0.3 is 347 Å². The predicted octanol–water partition coefficient (Wildman–Crippen LogP) is 27.8. The summed E-state index contributed by atoms with van der Waals surface area (Å²) in [5.41, 5.74) is 11.2. The average molecular weight is 1260 g/mol. The molecule has 0 nitrogen and oxygen atoms in total. The van der Waals surface area contributed by atoms with Crippen LogP contribution in [0.25, 0.3) is 20.0 Å². The third-order valence-corrected chi connectivity index (χ3v) is 24.8. The summed E-state index contributed by atoms with van der Waals surface area (Å²) in [5, 5.41) is 0. The van der Waals surface area contributed by atoms with Crippen LogP contribution in [0.15, 0.2) is 34.1 Å². The first-order chi connectivity index (χ1) is 40.7. The van der Waals surface area contributed by atoms with E-state index in [0.717, 1.165) is 0 Å². The summed E-state index contributed by atoms with van der Waals surface area (Å²) in [5.74, 6) is 0. The Morgan fingerprint density at radius 1 is 0.220 bits per heavy atom. The zero-order valence-electron chi connectivity index (χ0n) is 55.7. The Morgan fingerprint density at radius 3 is 0.573 bits per heavy atom. The van der Waals surface area contributed by atoms with Gasteiger partial charge in [-0.2, -0.15) is 0 Å². The van der Waals surface area contributed by atoms with E-state index in [4.69, 9.17) is 0 Å². The van der Waals surface area contributed by atoms with Crippen molar-refractivity contribution in [2.45, 2.75) is 424 Å². The minimum atomic E-state index is 0.233. The molecular weight excluding hydrogens is 1120 g/mol. The van der Waals surface area contributed by atoms with Crippen molar-refractivity contribution in [3.8, 4) is 20.0 Å². The predicted molar refractivity (Wildman–Crippen MR) is 372 cm³/mol. The first-order valence-electron chi connectivity index (χ1n) is 38.0. The van der Waals surface area contributed by atoms with Crippen LogP contribution >= 0.6 is 0 Å². The molecular formula is C80H138Se2. The van der Waals surface area contributed by atoms with E-state index in [1.807, 2.05) is 31.1 Å². The Hall–Kier alpha value is -0.781. The Balaban J connectivity index is 1.24. The summed E-state index contributed by atoms with van der Waals surface area (Å²) < 4.78 is 3.63. The fraction of sp³-hybridized carbons (Fsp3) is 0.825. The van der Waals surface area contributed by atoms with E-state index in [9.17, 15) is 0 Å². The summed E-state index contributed by atoms with van der Waals surface area (Å²) >= 11 is 0.936. The maximum atomic E-state index is 2.95. The third-order valence-electron chi connectivity index (χ3n) is 20.9. The first-order valence-corrected chi connectivity index (χ1v) is 41.7. The molecule has 3 aromatic rings. The Morgan fingerprint density at radius 2 is 0.390 bits per heavy atom. The fourth-order valence-corrected chi connectivity index (χ4v) is 20.0. The molecule has 5 rings (SSSR count). The fourth-order valence-electron chi connectivity index (χ4n) is 15.7. The van der Waals surface area contributed by atoms with Crippen molar-refractivity contribution in [2.24, 2.45) is 0 Å².